The average molecular weight is 235 g/mol. The van der Waals surface area contributed by atoms with Crippen LogP contribution in [-0.4, -0.2) is 38.3 Å². The predicted octanol–water partition coefficient (Wildman–Crippen LogP) is 0.768. The van der Waals surface area contributed by atoms with Crippen molar-refractivity contribution in [1.29, 1.82) is 0 Å². The van der Waals surface area contributed by atoms with Gasteiger partial charge in [-0.2, -0.15) is 0 Å². The molecule has 0 aliphatic heterocycles. The maximum Gasteiger partial charge on any atom is 0.153 e. The Morgan fingerprint density at radius 2 is 1.80 bits per heavy atom. The molecule has 0 unspecified atom stereocenters. The largest absolute Gasteiger partial charge is 0.308 e. The molecule has 0 rings (SSSR count). The van der Waals surface area contributed by atoms with Gasteiger partial charge in [0.1, 0.15) is 0 Å². The van der Waals surface area contributed by atoms with E-state index in [4.69, 9.17) is 0 Å². The van der Waals surface area contributed by atoms with Crippen LogP contribution in [0.15, 0.2) is 0 Å². The number of hydrogen-bond acceptors (Lipinski definition) is 4. The van der Waals surface area contributed by atoms with E-state index >= 15 is 0 Å². The molecular formula is C10H21NO3S. The average Bonchev–Trinajstić information content (AvgIpc) is 2.14. The first-order valence-corrected chi connectivity index (χ1v) is 7.00. The minimum Gasteiger partial charge on any atom is -0.308 e. The molecule has 0 amide bonds. The van der Waals surface area contributed by atoms with Gasteiger partial charge in [-0.1, -0.05) is 6.92 Å². The maximum atomic E-state index is 11.6. The van der Waals surface area contributed by atoms with Crippen LogP contribution in [0.25, 0.3) is 0 Å². The predicted molar refractivity (Wildman–Crippen MR) is 61.7 cm³/mol. The lowest BCUT2D eigenvalue weighted by molar-refractivity contribution is -0.123. The number of hydrogen-bond donors (Lipinski definition) is 1. The van der Waals surface area contributed by atoms with Gasteiger partial charge < -0.3 is 5.32 Å². The molecule has 0 aromatic rings. The van der Waals surface area contributed by atoms with E-state index in [9.17, 15) is 13.2 Å². The smallest absolute Gasteiger partial charge is 0.153 e. The van der Waals surface area contributed by atoms with Gasteiger partial charge in [0.25, 0.3) is 0 Å². The Hall–Kier alpha value is -0.420. The topological polar surface area (TPSA) is 63.2 Å². The second-order valence-corrected chi connectivity index (χ2v) is 6.50. The van der Waals surface area contributed by atoms with Gasteiger partial charge in [-0.25, -0.2) is 8.42 Å². The summed E-state index contributed by atoms with van der Waals surface area (Å²) in [6, 6.07) is 0. The Morgan fingerprint density at radius 1 is 1.27 bits per heavy atom. The van der Waals surface area contributed by atoms with E-state index in [1.807, 2.05) is 6.92 Å². The van der Waals surface area contributed by atoms with E-state index in [1.165, 1.54) is 0 Å². The zero-order chi connectivity index (χ0) is 12.1. The van der Waals surface area contributed by atoms with Crippen LogP contribution in [0.1, 0.15) is 33.6 Å². The lowest BCUT2D eigenvalue weighted by Crippen LogP contribution is -2.45. The molecule has 0 saturated carbocycles. The van der Waals surface area contributed by atoms with Crippen molar-refractivity contribution in [3.8, 4) is 0 Å². The van der Waals surface area contributed by atoms with Crippen LogP contribution in [-0.2, 0) is 14.6 Å². The molecule has 0 atom stereocenters. The lowest BCUT2D eigenvalue weighted by atomic mass is 9.98. The third-order valence-electron chi connectivity index (χ3n) is 2.48. The highest BCUT2D eigenvalue weighted by Crippen LogP contribution is 2.07. The standard InChI is InChI=1S/C10H21NO3S/c1-5-7-15(13,14)8-6-9(12)10(2,3)11-4/h11H,5-8H2,1-4H3. The van der Waals surface area contributed by atoms with Crippen molar-refractivity contribution in [2.75, 3.05) is 18.6 Å². The highest BCUT2D eigenvalue weighted by Gasteiger charge is 2.26. The van der Waals surface area contributed by atoms with Gasteiger partial charge in [0.2, 0.25) is 0 Å². The summed E-state index contributed by atoms with van der Waals surface area (Å²) in [6.45, 7) is 5.32. The van der Waals surface area contributed by atoms with Gasteiger partial charge >= 0.3 is 0 Å². The molecule has 0 bridgehead atoms. The molecular weight excluding hydrogens is 214 g/mol. The van der Waals surface area contributed by atoms with Crippen LogP contribution in [0.2, 0.25) is 0 Å². The molecule has 90 valence electrons. The number of rotatable bonds is 7. The highest BCUT2D eigenvalue weighted by atomic mass is 32.2. The fourth-order valence-corrected chi connectivity index (χ4v) is 2.44. The Bertz CT molecular complexity index is 307. The third kappa shape index (κ3) is 5.28. The maximum absolute atomic E-state index is 11.6. The number of likely N-dealkylation sites (N-methyl/N-ethyl adjacent to an activating group) is 1. The van der Waals surface area contributed by atoms with Crippen molar-refractivity contribution >= 4 is 15.6 Å². The van der Waals surface area contributed by atoms with Crippen molar-refractivity contribution < 1.29 is 13.2 Å². The van der Waals surface area contributed by atoms with E-state index in [0.717, 1.165) is 0 Å². The van der Waals surface area contributed by atoms with Crippen LogP contribution >= 0.6 is 0 Å². The molecule has 0 heterocycles. The summed E-state index contributed by atoms with van der Waals surface area (Å²) in [5.74, 6) is 0.0649. The van der Waals surface area contributed by atoms with E-state index in [-0.39, 0.29) is 23.7 Å². The summed E-state index contributed by atoms with van der Waals surface area (Å²) in [5, 5.41) is 2.86. The van der Waals surface area contributed by atoms with Crippen LogP contribution in [0.4, 0.5) is 0 Å². The van der Waals surface area contributed by atoms with Crippen molar-refractivity contribution in [2.45, 2.75) is 39.2 Å². The molecule has 1 N–H and O–H groups in total. The van der Waals surface area contributed by atoms with E-state index < -0.39 is 15.4 Å². The summed E-state index contributed by atoms with van der Waals surface area (Å²) in [6.07, 6.45) is 0.697. The first kappa shape index (κ1) is 14.6. The summed E-state index contributed by atoms with van der Waals surface area (Å²) < 4.78 is 22.8. The Labute approximate surface area is 92.4 Å². The third-order valence-corrected chi connectivity index (χ3v) is 4.33. The molecule has 0 aromatic heterocycles. The van der Waals surface area contributed by atoms with Gasteiger partial charge in [-0.3, -0.25) is 4.79 Å². The fraction of sp³-hybridized carbons (Fsp3) is 0.900. The van der Waals surface area contributed by atoms with Crippen molar-refractivity contribution in [3.63, 3.8) is 0 Å². The van der Waals surface area contributed by atoms with E-state index in [2.05, 4.69) is 5.32 Å². The van der Waals surface area contributed by atoms with Gasteiger partial charge in [0.15, 0.2) is 15.6 Å². The van der Waals surface area contributed by atoms with Crippen molar-refractivity contribution in [1.82, 2.24) is 5.32 Å². The molecule has 0 spiro atoms. The van der Waals surface area contributed by atoms with E-state index in [1.54, 1.807) is 20.9 Å². The van der Waals surface area contributed by atoms with Gasteiger partial charge in [0.05, 0.1) is 11.3 Å². The molecule has 5 heteroatoms. The zero-order valence-electron chi connectivity index (χ0n) is 9.96. The normalized spacial score (nSPS) is 12.8. The Balaban J connectivity index is 4.24. The second-order valence-electron chi connectivity index (χ2n) is 4.20. The summed E-state index contributed by atoms with van der Waals surface area (Å²) in [5.41, 5.74) is -0.637. The summed E-state index contributed by atoms with van der Waals surface area (Å²) in [7, 11) is -1.35. The van der Waals surface area contributed by atoms with Gasteiger partial charge in [-0.15, -0.1) is 0 Å². The Kier molecular flexibility index (Phi) is 5.45. The molecule has 0 aliphatic carbocycles. The number of carbonyl (C=O) groups excluding carboxylic acids is 1. The first-order chi connectivity index (χ1) is 6.75. The van der Waals surface area contributed by atoms with Gasteiger partial charge in [0, 0.05) is 12.2 Å². The van der Waals surface area contributed by atoms with Crippen LogP contribution in [0.5, 0.6) is 0 Å². The number of sulfone groups is 1. The lowest BCUT2D eigenvalue weighted by Gasteiger charge is -2.21. The number of ketones is 1. The minimum atomic E-state index is -3.04. The molecule has 0 saturated heterocycles. The van der Waals surface area contributed by atoms with Crippen LogP contribution in [0.3, 0.4) is 0 Å². The Morgan fingerprint density at radius 3 is 2.20 bits per heavy atom. The molecule has 0 aliphatic rings. The molecule has 0 fully saturated rings. The number of Topliss-reactive ketones (excluding diaryl/α,β-unsaturated/α-hetero) is 1. The molecule has 0 radical (unpaired) electrons. The summed E-state index contributed by atoms with van der Waals surface area (Å²) >= 11 is 0. The SMILES string of the molecule is CCCS(=O)(=O)CCC(=O)C(C)(C)NC. The fourth-order valence-electron chi connectivity index (χ4n) is 1.11. The number of carbonyl (C=O) groups is 1. The van der Waals surface area contributed by atoms with Crippen molar-refractivity contribution in [3.05, 3.63) is 0 Å². The van der Waals surface area contributed by atoms with Crippen LogP contribution < -0.4 is 5.32 Å². The monoisotopic (exact) mass is 235 g/mol. The zero-order valence-corrected chi connectivity index (χ0v) is 10.8. The van der Waals surface area contributed by atoms with Gasteiger partial charge in [-0.05, 0) is 27.3 Å². The highest BCUT2D eigenvalue weighted by molar-refractivity contribution is 7.91. The summed E-state index contributed by atoms with van der Waals surface area (Å²) in [4.78, 5) is 11.6. The molecule has 15 heavy (non-hydrogen) atoms. The molecule has 0 aromatic carbocycles. The first-order valence-electron chi connectivity index (χ1n) is 5.18. The minimum absolute atomic E-state index is 0.0369. The van der Waals surface area contributed by atoms with Crippen LogP contribution in [0, 0.1) is 0 Å². The second kappa shape index (κ2) is 5.61. The van der Waals surface area contributed by atoms with E-state index in [0.29, 0.717) is 6.42 Å². The molecule has 4 nitrogen and oxygen atoms in total. The number of nitrogens with one attached hydrogen (secondary N) is 1. The van der Waals surface area contributed by atoms with Crippen molar-refractivity contribution in [2.24, 2.45) is 0 Å². The quantitative estimate of drug-likeness (QED) is 0.708.